The number of aliphatic hydroxyl groups is 1. The third-order valence-electron chi connectivity index (χ3n) is 9.98. The number of aliphatic hydroxyl groups excluding tert-OH is 1. The number of unbranched alkanes of at least 4 members (excludes halogenated alkanes) is 23. The first kappa shape index (κ1) is 56.0. The lowest BCUT2D eigenvalue weighted by Crippen LogP contribution is -2.27. The third-order valence-corrected chi connectivity index (χ3v) is 11.0. The van der Waals surface area contributed by atoms with Gasteiger partial charge in [-0.3, -0.25) is 18.6 Å². The quantitative estimate of drug-likeness (QED) is 0.0239. The van der Waals surface area contributed by atoms with Gasteiger partial charge in [0.2, 0.25) is 5.91 Å². The van der Waals surface area contributed by atoms with E-state index < -0.39 is 26.5 Å². The molecular weight excluding hydrogens is 750 g/mol. The Kier molecular flexibility index (Phi) is 43.0. The molecule has 9 nitrogen and oxygen atoms in total. The van der Waals surface area contributed by atoms with Gasteiger partial charge in [-0.05, 0) is 77.0 Å². The first-order chi connectivity index (χ1) is 28.3. The van der Waals surface area contributed by atoms with Gasteiger partial charge in [0.15, 0.2) is 0 Å². The Hall–Kier alpha value is -2.03. The zero-order chi connectivity index (χ0) is 42.5. The number of hydrogen-bond donors (Lipinski definition) is 3. The van der Waals surface area contributed by atoms with Crippen molar-refractivity contribution in [3.63, 3.8) is 0 Å². The summed E-state index contributed by atoms with van der Waals surface area (Å²) in [6.45, 7) is 3.51. The molecule has 0 aliphatic rings. The minimum atomic E-state index is -4.42. The maximum atomic E-state index is 12.1. The van der Waals surface area contributed by atoms with Gasteiger partial charge in [0, 0.05) is 19.4 Å². The van der Waals surface area contributed by atoms with Crippen molar-refractivity contribution in [1.82, 2.24) is 5.32 Å². The summed E-state index contributed by atoms with van der Waals surface area (Å²) in [4.78, 5) is 34.0. The molecule has 0 aliphatic carbocycles. The second-order valence-corrected chi connectivity index (χ2v) is 17.2. The van der Waals surface area contributed by atoms with E-state index in [1.807, 2.05) is 0 Å². The average molecular weight is 838 g/mol. The van der Waals surface area contributed by atoms with Crippen LogP contribution in [-0.2, 0) is 27.9 Å². The first-order valence-electron chi connectivity index (χ1n) is 23.6. The van der Waals surface area contributed by atoms with Crippen molar-refractivity contribution in [2.45, 2.75) is 219 Å². The maximum absolute atomic E-state index is 12.1. The van der Waals surface area contributed by atoms with Gasteiger partial charge in [-0.25, -0.2) is 4.57 Å². The number of carbonyl (C=O) groups is 2. The number of rotatable bonds is 44. The molecule has 338 valence electrons. The minimum Gasteiger partial charge on any atom is -0.463 e. The van der Waals surface area contributed by atoms with Crippen LogP contribution in [0.1, 0.15) is 213 Å². The van der Waals surface area contributed by atoms with E-state index in [0.29, 0.717) is 6.42 Å². The number of amides is 1. The van der Waals surface area contributed by atoms with E-state index in [4.69, 9.17) is 13.8 Å². The summed E-state index contributed by atoms with van der Waals surface area (Å²) in [5, 5.41) is 12.7. The van der Waals surface area contributed by atoms with Gasteiger partial charge in [-0.15, -0.1) is 0 Å². The number of allylic oxidation sites excluding steroid dienone is 8. The second-order valence-electron chi connectivity index (χ2n) is 15.7. The predicted octanol–water partition coefficient (Wildman–Crippen LogP) is 13.5. The summed E-state index contributed by atoms with van der Waals surface area (Å²) < 4.78 is 26.9. The fourth-order valence-electron chi connectivity index (χ4n) is 6.38. The topological polar surface area (TPSA) is 131 Å². The number of carbonyl (C=O) groups excluding carboxylic acids is 2. The largest absolute Gasteiger partial charge is 0.472 e. The molecule has 0 aromatic rings. The molecule has 1 amide bonds. The van der Waals surface area contributed by atoms with E-state index in [2.05, 4.69) is 67.8 Å². The molecule has 0 fully saturated rings. The molecule has 2 unspecified atom stereocenters. The summed E-state index contributed by atoms with van der Waals surface area (Å²) in [5.74, 6) is -0.527. The van der Waals surface area contributed by atoms with Crippen LogP contribution in [0.15, 0.2) is 48.6 Å². The van der Waals surface area contributed by atoms with Crippen LogP contribution in [0.4, 0.5) is 0 Å². The Bertz CT molecular complexity index is 1090. The molecule has 0 aliphatic heterocycles. The van der Waals surface area contributed by atoms with Crippen molar-refractivity contribution < 1.29 is 37.9 Å². The second kappa shape index (κ2) is 44.5. The lowest BCUT2D eigenvalue weighted by molar-refractivity contribution is -0.147. The van der Waals surface area contributed by atoms with Gasteiger partial charge in [0.25, 0.3) is 0 Å². The summed E-state index contributed by atoms with van der Waals surface area (Å²) in [6.07, 6.45) is 51.8. The van der Waals surface area contributed by atoms with Gasteiger partial charge < -0.3 is 20.1 Å². The molecule has 2 atom stereocenters. The molecule has 0 aromatic carbocycles. The number of ether oxygens (including phenoxy) is 1. The lowest BCUT2D eigenvalue weighted by Gasteiger charge is -2.15. The fourth-order valence-corrected chi connectivity index (χ4v) is 7.14. The highest BCUT2D eigenvalue weighted by Gasteiger charge is 2.23. The van der Waals surface area contributed by atoms with E-state index >= 15 is 0 Å². The molecule has 0 saturated heterocycles. The van der Waals surface area contributed by atoms with Crippen LogP contribution in [0, 0.1) is 0 Å². The zero-order valence-electron chi connectivity index (χ0n) is 37.2. The number of nitrogens with one attached hydrogen (secondary N) is 1. The average Bonchev–Trinajstić information content (AvgIpc) is 3.21. The summed E-state index contributed by atoms with van der Waals surface area (Å²) in [6, 6.07) is 0. The van der Waals surface area contributed by atoms with Crippen molar-refractivity contribution >= 4 is 19.7 Å². The fraction of sp³-hybridized carbons (Fsp3) is 0.792. The molecule has 0 saturated carbocycles. The minimum absolute atomic E-state index is 0.0775. The molecule has 0 heterocycles. The summed E-state index contributed by atoms with van der Waals surface area (Å²) >= 11 is 0. The third kappa shape index (κ3) is 45.1. The van der Waals surface area contributed by atoms with Crippen molar-refractivity contribution in [3.8, 4) is 0 Å². The first-order valence-corrected chi connectivity index (χ1v) is 25.1. The van der Waals surface area contributed by atoms with Crippen molar-refractivity contribution in [3.05, 3.63) is 48.6 Å². The summed E-state index contributed by atoms with van der Waals surface area (Å²) in [5.41, 5.74) is 0. The van der Waals surface area contributed by atoms with Crippen LogP contribution < -0.4 is 5.32 Å². The van der Waals surface area contributed by atoms with Gasteiger partial charge in [-0.1, -0.05) is 172 Å². The Balaban J connectivity index is 3.60. The molecule has 0 bridgehead atoms. The van der Waals surface area contributed by atoms with E-state index in [1.165, 1.54) is 122 Å². The Morgan fingerprint density at radius 2 is 0.931 bits per heavy atom. The number of hydrogen-bond acceptors (Lipinski definition) is 7. The molecule has 0 spiro atoms. The zero-order valence-corrected chi connectivity index (χ0v) is 38.1. The monoisotopic (exact) mass is 838 g/mol. The van der Waals surface area contributed by atoms with Crippen molar-refractivity contribution in [2.24, 2.45) is 0 Å². The van der Waals surface area contributed by atoms with Gasteiger partial charge in [0.1, 0.15) is 12.7 Å². The molecule has 0 aromatic heterocycles. The normalized spacial score (nSPS) is 13.7. The van der Waals surface area contributed by atoms with Crippen LogP contribution in [0.25, 0.3) is 0 Å². The SMILES string of the molecule is CCCCC/C=C\C/C=C\CCCCCCCCCCCC(=O)NCCOP(=O)(O)OCC(O)COC(=O)CCCCCCCCC/C=C\C/C=C\CCCCCC. The van der Waals surface area contributed by atoms with Crippen LogP contribution in [0.3, 0.4) is 0 Å². The van der Waals surface area contributed by atoms with Crippen LogP contribution in [-0.4, -0.2) is 54.3 Å². The van der Waals surface area contributed by atoms with Gasteiger partial charge in [-0.2, -0.15) is 0 Å². The van der Waals surface area contributed by atoms with E-state index in [1.54, 1.807) is 0 Å². The molecule has 0 radical (unpaired) electrons. The predicted molar refractivity (Wildman–Crippen MR) is 243 cm³/mol. The highest BCUT2D eigenvalue weighted by atomic mass is 31.2. The lowest BCUT2D eigenvalue weighted by atomic mass is 10.1. The van der Waals surface area contributed by atoms with Crippen LogP contribution in [0.2, 0.25) is 0 Å². The highest BCUT2D eigenvalue weighted by Crippen LogP contribution is 2.42. The van der Waals surface area contributed by atoms with E-state index in [0.717, 1.165) is 64.2 Å². The molecular formula is C48H88NO8P. The summed E-state index contributed by atoms with van der Waals surface area (Å²) in [7, 11) is -4.42. The van der Waals surface area contributed by atoms with Gasteiger partial charge >= 0.3 is 13.8 Å². The Labute approximate surface area is 355 Å². The van der Waals surface area contributed by atoms with Crippen molar-refractivity contribution in [1.29, 1.82) is 0 Å². The number of phosphoric acid groups is 1. The van der Waals surface area contributed by atoms with Crippen molar-refractivity contribution in [2.75, 3.05) is 26.4 Å². The Morgan fingerprint density at radius 3 is 1.41 bits per heavy atom. The highest BCUT2D eigenvalue weighted by molar-refractivity contribution is 7.47. The molecule has 10 heteroatoms. The maximum Gasteiger partial charge on any atom is 0.472 e. The van der Waals surface area contributed by atoms with Crippen LogP contribution >= 0.6 is 7.82 Å². The molecule has 58 heavy (non-hydrogen) atoms. The van der Waals surface area contributed by atoms with Crippen LogP contribution in [0.5, 0.6) is 0 Å². The van der Waals surface area contributed by atoms with E-state index in [9.17, 15) is 24.2 Å². The van der Waals surface area contributed by atoms with E-state index in [-0.39, 0.29) is 32.1 Å². The number of esters is 1. The Morgan fingerprint density at radius 1 is 0.534 bits per heavy atom. The molecule has 3 N–H and O–H groups in total. The smallest absolute Gasteiger partial charge is 0.463 e. The van der Waals surface area contributed by atoms with Gasteiger partial charge in [0.05, 0.1) is 13.2 Å². The standard InChI is InChI=1S/C48H88NO8P/c1-3-5-7-9-11-13-15-17-19-21-23-24-26-28-30-32-34-36-38-40-47(51)49-42-43-56-58(53,54)57-45-46(50)44-55-48(52)41-39-37-35-33-31-29-27-25-22-20-18-16-14-12-10-8-6-4-2/h11,13-14,16-17,19-20,22,46,50H,3-10,12,15,18,21,23-45H2,1-2H3,(H,49,51)(H,53,54)/b13-11-,16-14-,19-17-,22-20-. The molecule has 0 rings (SSSR count). The number of phosphoric ester groups is 1.